The minimum atomic E-state index is -5.12. The molecule has 3 aliphatic heterocycles. The Labute approximate surface area is 293 Å². The van der Waals surface area contributed by atoms with E-state index in [4.69, 9.17) is 17.0 Å². The van der Waals surface area contributed by atoms with Gasteiger partial charge in [0, 0.05) is 55.0 Å². The summed E-state index contributed by atoms with van der Waals surface area (Å²) in [6, 6.07) is 1.96. The molecule has 0 radical (unpaired) electrons. The predicted molar refractivity (Wildman–Crippen MR) is 183 cm³/mol. The number of benzene rings is 2. The quantitative estimate of drug-likeness (QED) is 0.114. The average Bonchev–Trinajstić information content (AvgIpc) is 3.87. The molecule has 51 heavy (non-hydrogen) atoms. The Morgan fingerprint density at radius 2 is 2.06 bits per heavy atom. The fourth-order valence-electron chi connectivity index (χ4n) is 8.01. The highest BCUT2D eigenvalue weighted by atomic mass is 32.1. The summed E-state index contributed by atoms with van der Waals surface area (Å²) in [7, 11) is 0. The summed E-state index contributed by atoms with van der Waals surface area (Å²) in [5, 5.41) is -0.619. The van der Waals surface area contributed by atoms with Crippen LogP contribution in [0.4, 0.5) is 42.8 Å². The zero-order chi connectivity index (χ0) is 36.4. The van der Waals surface area contributed by atoms with Crippen molar-refractivity contribution >= 4 is 54.7 Å². The average molecular weight is 730 g/mol. The summed E-state index contributed by atoms with van der Waals surface area (Å²) in [6.45, 7) is 14.6. The highest BCUT2D eigenvalue weighted by molar-refractivity contribution is 7.23. The number of fused-ring (bicyclic) bond motifs is 3. The predicted octanol–water partition coefficient (Wildman–Crippen LogP) is 7.51. The van der Waals surface area contributed by atoms with Crippen molar-refractivity contribution in [3.63, 3.8) is 0 Å². The second kappa shape index (κ2) is 12.9. The van der Waals surface area contributed by atoms with E-state index in [1.165, 1.54) is 6.08 Å². The van der Waals surface area contributed by atoms with Gasteiger partial charge >= 0.3 is 12.2 Å². The molecule has 4 aromatic rings. The highest BCUT2D eigenvalue weighted by Crippen LogP contribution is 2.51. The number of hydrogen-bond acceptors (Lipinski definition) is 8. The maximum Gasteiger partial charge on any atom is 0.417 e. The van der Waals surface area contributed by atoms with Gasteiger partial charge < -0.3 is 20.3 Å². The Morgan fingerprint density at radius 1 is 1.27 bits per heavy atom. The molecule has 3 aliphatic rings. The van der Waals surface area contributed by atoms with Crippen LogP contribution in [-0.4, -0.2) is 82.8 Å². The number of ether oxygens (including phenoxy) is 1. The van der Waals surface area contributed by atoms with Crippen LogP contribution >= 0.6 is 11.3 Å². The number of anilines is 2. The molecule has 3 fully saturated rings. The number of alkyl halides is 4. The number of likely N-dealkylation sites (tertiary alicyclic amines) is 1. The monoisotopic (exact) mass is 729 g/mol. The lowest BCUT2D eigenvalue weighted by Gasteiger charge is -2.32. The number of rotatable bonds is 8. The molecule has 5 heterocycles. The molecule has 2 aromatic carbocycles. The zero-order valence-corrected chi connectivity index (χ0v) is 28.3. The largest absolute Gasteiger partial charge is 0.461 e. The van der Waals surface area contributed by atoms with Crippen LogP contribution in [0.15, 0.2) is 30.9 Å². The summed E-state index contributed by atoms with van der Waals surface area (Å²) in [5.41, 5.74) is 1.88. The van der Waals surface area contributed by atoms with Gasteiger partial charge in [-0.25, -0.2) is 18.0 Å². The minimum absolute atomic E-state index is 0.0220. The number of hydrogen-bond donors (Lipinski definition) is 1. The lowest BCUT2D eigenvalue weighted by Crippen LogP contribution is -2.43. The molecule has 0 bridgehead atoms. The van der Waals surface area contributed by atoms with Crippen molar-refractivity contribution in [3.05, 3.63) is 59.5 Å². The molecule has 2 aromatic heterocycles. The standard InChI is InChI=1S/C35H33F6N7O2S/c1-4-24(49)46-12-9-19(16-46)48(5-2)32-21-13-22(35(39,40)41)25(20-7-8-23(37)30-26(20)29(43-3)31(42)51-30)27(38)28(21)44-33(45-32)50-17-34-10-6-11-47(34)15-18(36)14-34/h4,7-8,13,18-19H,1,5-6,9-12,14-17,42H2,2H3. The van der Waals surface area contributed by atoms with Crippen LogP contribution in [0.25, 0.3) is 37.0 Å². The molecule has 3 saturated heterocycles. The van der Waals surface area contributed by atoms with Crippen LogP contribution in [0.2, 0.25) is 0 Å². The molecular formula is C35H33F6N7O2S. The molecule has 1 amide bonds. The number of carbonyl (C=O) groups is 1. The first kappa shape index (κ1) is 34.8. The smallest absolute Gasteiger partial charge is 0.417 e. The Hall–Kier alpha value is -4.62. The molecule has 268 valence electrons. The first-order chi connectivity index (χ1) is 24.3. The summed E-state index contributed by atoms with van der Waals surface area (Å²) in [6.07, 6.45) is -2.83. The van der Waals surface area contributed by atoms with Crippen molar-refractivity contribution in [2.45, 2.75) is 56.5 Å². The number of carbonyl (C=O) groups excluding carboxylic acids is 1. The fourth-order valence-corrected chi connectivity index (χ4v) is 8.95. The van der Waals surface area contributed by atoms with E-state index in [-0.39, 0.29) is 82.1 Å². The summed E-state index contributed by atoms with van der Waals surface area (Å²) >= 11 is 0.685. The van der Waals surface area contributed by atoms with E-state index in [2.05, 4.69) is 21.4 Å². The molecular weight excluding hydrogens is 696 g/mol. The normalized spacial score (nSPS) is 22.1. The van der Waals surface area contributed by atoms with Crippen LogP contribution < -0.4 is 15.4 Å². The first-order valence-corrected chi connectivity index (χ1v) is 17.3. The van der Waals surface area contributed by atoms with Crippen LogP contribution in [0.1, 0.15) is 38.2 Å². The molecule has 0 aliphatic carbocycles. The van der Waals surface area contributed by atoms with Crippen molar-refractivity contribution in [1.29, 1.82) is 0 Å². The molecule has 3 atom stereocenters. The van der Waals surface area contributed by atoms with Gasteiger partial charge in [-0.2, -0.15) is 23.1 Å². The number of thiophene rings is 1. The van der Waals surface area contributed by atoms with Gasteiger partial charge in [-0.1, -0.05) is 12.6 Å². The summed E-state index contributed by atoms with van der Waals surface area (Å²) < 4.78 is 97.7. The lowest BCUT2D eigenvalue weighted by atomic mass is 9.93. The van der Waals surface area contributed by atoms with Gasteiger partial charge in [0.25, 0.3) is 0 Å². The summed E-state index contributed by atoms with van der Waals surface area (Å²) in [4.78, 5) is 29.9. The number of halogens is 6. The van der Waals surface area contributed by atoms with Gasteiger partial charge in [-0.15, -0.1) is 11.3 Å². The number of nitrogens with zero attached hydrogens (tertiary/aromatic N) is 6. The maximum absolute atomic E-state index is 17.2. The van der Waals surface area contributed by atoms with E-state index >= 15 is 17.6 Å². The number of likely N-dealkylation sites (N-methyl/N-ethyl adjacent to an activating group) is 1. The maximum atomic E-state index is 17.2. The Bertz CT molecular complexity index is 2120. The van der Waals surface area contributed by atoms with Gasteiger partial charge in [0.05, 0.1) is 27.4 Å². The fraction of sp³-hybridized carbons (Fsp3) is 0.429. The summed E-state index contributed by atoms with van der Waals surface area (Å²) in [5.74, 6) is -2.54. The molecule has 9 nitrogen and oxygen atoms in total. The van der Waals surface area contributed by atoms with Gasteiger partial charge in [0.2, 0.25) is 11.6 Å². The Kier molecular flexibility index (Phi) is 8.78. The first-order valence-electron chi connectivity index (χ1n) is 16.5. The van der Waals surface area contributed by atoms with Gasteiger partial charge in [-0.05, 0) is 56.5 Å². The van der Waals surface area contributed by atoms with E-state index in [0.29, 0.717) is 37.3 Å². The van der Waals surface area contributed by atoms with Gasteiger partial charge in [0.15, 0.2) is 5.82 Å². The Morgan fingerprint density at radius 3 is 2.76 bits per heavy atom. The minimum Gasteiger partial charge on any atom is -0.461 e. The molecule has 0 saturated carbocycles. The molecule has 16 heteroatoms. The third kappa shape index (κ3) is 5.80. The lowest BCUT2D eigenvalue weighted by molar-refractivity contribution is -0.137. The van der Waals surface area contributed by atoms with E-state index in [1.54, 1.807) is 16.7 Å². The van der Waals surface area contributed by atoms with Crippen LogP contribution in [0.5, 0.6) is 6.01 Å². The number of nitrogens with two attached hydrogens (primary N) is 1. The van der Waals surface area contributed by atoms with E-state index in [1.807, 2.05) is 4.90 Å². The second-order valence-corrected chi connectivity index (χ2v) is 14.2. The topological polar surface area (TPSA) is 92.2 Å². The SMILES string of the molecule is [C-]#[N+]c1c(N)sc2c(F)ccc(-c3c(C(F)(F)F)cc4c(N(CC)C5CCN(C(=O)C=C)C5)nc(OCC56CCCN5CC(F)C6)nc4c3F)c12. The number of aromatic nitrogens is 2. The van der Waals surface area contributed by atoms with E-state index in [0.717, 1.165) is 24.6 Å². The number of nitrogen functional groups attached to an aromatic ring is 1. The third-order valence-corrected chi connectivity index (χ3v) is 11.3. The molecule has 3 unspecified atom stereocenters. The van der Waals surface area contributed by atoms with Crippen LogP contribution in [-0.2, 0) is 11.0 Å². The van der Waals surface area contributed by atoms with Crippen molar-refractivity contribution in [2.75, 3.05) is 50.0 Å². The number of amides is 1. The van der Waals surface area contributed by atoms with Gasteiger partial charge in [-0.3, -0.25) is 9.69 Å². The molecule has 0 spiro atoms. The van der Waals surface area contributed by atoms with Gasteiger partial charge in [0.1, 0.15) is 29.9 Å². The highest BCUT2D eigenvalue weighted by Gasteiger charge is 2.49. The van der Waals surface area contributed by atoms with Crippen LogP contribution in [0.3, 0.4) is 0 Å². The van der Waals surface area contributed by atoms with Crippen LogP contribution in [0, 0.1) is 18.2 Å². The van der Waals surface area contributed by atoms with Crippen molar-refractivity contribution in [2.24, 2.45) is 0 Å². The zero-order valence-electron chi connectivity index (χ0n) is 27.5. The van der Waals surface area contributed by atoms with Crippen molar-refractivity contribution in [1.82, 2.24) is 19.8 Å². The second-order valence-electron chi connectivity index (χ2n) is 13.1. The molecule has 7 rings (SSSR count). The Balaban J connectivity index is 1.45. The third-order valence-electron chi connectivity index (χ3n) is 10.3. The van der Waals surface area contributed by atoms with Crippen molar-refractivity contribution in [3.8, 4) is 17.1 Å². The van der Waals surface area contributed by atoms with E-state index in [9.17, 15) is 13.6 Å². The molecule has 2 N–H and O–H groups in total. The van der Waals surface area contributed by atoms with Crippen molar-refractivity contribution < 1.29 is 35.9 Å². The van der Waals surface area contributed by atoms with E-state index < -0.39 is 52.2 Å².